The van der Waals surface area contributed by atoms with Gasteiger partial charge in [0.2, 0.25) is 0 Å². The number of hydrogen-bond donors (Lipinski definition) is 1. The van der Waals surface area contributed by atoms with Gasteiger partial charge in [0, 0.05) is 19.3 Å². The van der Waals surface area contributed by atoms with Crippen molar-refractivity contribution in [3.05, 3.63) is 77.0 Å². The molecule has 1 fully saturated rings. The van der Waals surface area contributed by atoms with E-state index in [0.717, 1.165) is 38.0 Å². The minimum atomic E-state index is -0.318. The largest absolute Gasteiger partial charge is 0.390 e. The van der Waals surface area contributed by atoms with E-state index in [-0.39, 0.29) is 12.4 Å². The smallest absolute Gasteiger partial charge is 0.158 e. The summed E-state index contributed by atoms with van der Waals surface area (Å²) >= 11 is 1.27. The van der Waals surface area contributed by atoms with Crippen molar-refractivity contribution in [3.8, 4) is 0 Å². The molecular formula is C26H28FN3OS. The molecule has 0 unspecified atom stereocenters. The minimum Gasteiger partial charge on any atom is -0.390 e. The van der Waals surface area contributed by atoms with Gasteiger partial charge < -0.3 is 10.0 Å². The van der Waals surface area contributed by atoms with Gasteiger partial charge in [-0.15, -0.1) is 0 Å². The van der Waals surface area contributed by atoms with Crippen molar-refractivity contribution < 1.29 is 9.50 Å². The highest BCUT2D eigenvalue weighted by Crippen LogP contribution is 2.53. The topological polar surface area (TPSA) is 49.2 Å². The maximum Gasteiger partial charge on any atom is 0.158 e. The summed E-state index contributed by atoms with van der Waals surface area (Å²) in [5, 5.41) is 10.7. The molecule has 1 N–H and O–H groups in total. The first-order valence-electron chi connectivity index (χ1n) is 11.2. The van der Waals surface area contributed by atoms with Crippen LogP contribution >= 0.6 is 11.8 Å². The van der Waals surface area contributed by atoms with Crippen molar-refractivity contribution in [2.24, 2.45) is 5.41 Å². The Labute approximate surface area is 192 Å². The zero-order valence-corrected chi connectivity index (χ0v) is 19.3. The van der Waals surface area contributed by atoms with Crippen LogP contribution in [0.1, 0.15) is 48.2 Å². The van der Waals surface area contributed by atoms with E-state index in [1.165, 1.54) is 22.9 Å². The summed E-state index contributed by atoms with van der Waals surface area (Å²) in [7, 11) is 0. The number of nitrogens with zero attached hydrogens (tertiary/aromatic N) is 3. The average Bonchev–Trinajstić information content (AvgIpc) is 3.09. The third-order valence-electron chi connectivity index (χ3n) is 7.40. The van der Waals surface area contributed by atoms with Gasteiger partial charge in [0.1, 0.15) is 5.03 Å². The first-order valence-corrected chi connectivity index (χ1v) is 12.0. The van der Waals surface area contributed by atoms with Gasteiger partial charge in [-0.05, 0) is 66.8 Å². The van der Waals surface area contributed by atoms with Gasteiger partial charge in [-0.1, -0.05) is 43.0 Å². The number of benzene rings is 1. The summed E-state index contributed by atoms with van der Waals surface area (Å²) in [5.74, 6) is 0.260. The number of aryl methyl sites for hydroxylation is 1. The number of hydrogen-bond acceptors (Lipinski definition) is 5. The van der Waals surface area contributed by atoms with Crippen molar-refractivity contribution in [3.63, 3.8) is 0 Å². The molecule has 2 aliphatic rings. The summed E-state index contributed by atoms with van der Waals surface area (Å²) < 4.78 is 14.3. The standard InChI is InChI=1S/C26H28FN3OS/c1-17-20-6-4-3-5-19(20)15-26(17)10-13-30(14-11-26)22-7-8-24(29-21(22)16-31)32-23-9-12-28-18(2)25(23)27/h3-9,12,17,31H,10-11,13-16H2,1-2H3/t17-/m1/s1. The molecule has 4 nitrogen and oxygen atoms in total. The van der Waals surface area contributed by atoms with Gasteiger partial charge in [-0.3, -0.25) is 4.98 Å². The van der Waals surface area contributed by atoms with Gasteiger partial charge in [0.05, 0.1) is 28.6 Å². The molecule has 3 heterocycles. The van der Waals surface area contributed by atoms with E-state index in [4.69, 9.17) is 0 Å². The second-order valence-electron chi connectivity index (χ2n) is 9.03. The molecule has 2 aromatic heterocycles. The van der Waals surface area contributed by atoms with Gasteiger partial charge in [-0.2, -0.15) is 0 Å². The van der Waals surface area contributed by atoms with Crippen molar-refractivity contribution in [2.45, 2.75) is 55.6 Å². The molecule has 0 saturated carbocycles. The molecule has 6 heteroatoms. The van der Waals surface area contributed by atoms with Crippen LogP contribution < -0.4 is 4.90 Å². The molecule has 32 heavy (non-hydrogen) atoms. The number of halogens is 1. The highest BCUT2D eigenvalue weighted by atomic mass is 32.2. The molecule has 166 valence electrons. The Morgan fingerprint density at radius 2 is 1.94 bits per heavy atom. The molecule has 0 amide bonds. The van der Waals surface area contributed by atoms with Crippen molar-refractivity contribution in [1.82, 2.24) is 9.97 Å². The lowest BCUT2D eigenvalue weighted by atomic mass is 9.70. The molecule has 1 atom stereocenters. The molecule has 1 aromatic carbocycles. The van der Waals surface area contributed by atoms with Crippen LogP contribution in [-0.2, 0) is 13.0 Å². The first-order chi connectivity index (χ1) is 15.5. The fraction of sp³-hybridized carbons (Fsp3) is 0.385. The van der Waals surface area contributed by atoms with Gasteiger partial charge in [0.25, 0.3) is 0 Å². The van der Waals surface area contributed by atoms with Gasteiger partial charge in [-0.25, -0.2) is 9.37 Å². The van der Waals surface area contributed by atoms with Crippen LogP contribution in [0.4, 0.5) is 10.1 Å². The fourth-order valence-electron chi connectivity index (χ4n) is 5.43. The molecule has 0 radical (unpaired) electrons. The van der Waals surface area contributed by atoms with E-state index in [1.54, 1.807) is 19.2 Å². The monoisotopic (exact) mass is 449 g/mol. The zero-order valence-electron chi connectivity index (χ0n) is 18.5. The summed E-state index contributed by atoms with van der Waals surface area (Å²) in [6.07, 6.45) is 5.03. The maximum absolute atomic E-state index is 14.3. The quantitative estimate of drug-likeness (QED) is 0.569. The molecule has 1 spiro atoms. The van der Waals surface area contributed by atoms with Crippen molar-refractivity contribution in [2.75, 3.05) is 18.0 Å². The number of aliphatic hydroxyl groups excluding tert-OH is 1. The van der Waals surface area contributed by atoms with Crippen molar-refractivity contribution in [1.29, 1.82) is 0 Å². The van der Waals surface area contributed by atoms with Gasteiger partial charge >= 0.3 is 0 Å². The third kappa shape index (κ3) is 3.69. The third-order valence-corrected chi connectivity index (χ3v) is 8.37. The molecule has 1 aliphatic heterocycles. The molecule has 5 rings (SSSR count). The van der Waals surface area contributed by atoms with E-state index in [0.29, 0.717) is 32.6 Å². The Morgan fingerprint density at radius 1 is 1.16 bits per heavy atom. The first kappa shape index (κ1) is 21.4. The lowest BCUT2D eigenvalue weighted by Crippen LogP contribution is -2.42. The number of aliphatic hydroxyl groups is 1. The molecular weight excluding hydrogens is 421 g/mol. The SMILES string of the molecule is Cc1nccc(Sc2ccc(N3CCC4(CC3)Cc3ccccc3[C@H]4C)c(CO)n2)c1F. The van der Waals surface area contributed by atoms with Crippen LogP contribution in [0.2, 0.25) is 0 Å². The number of anilines is 1. The number of rotatable bonds is 4. The Bertz CT molecular complexity index is 1140. The zero-order chi connectivity index (χ0) is 22.3. The molecule has 3 aromatic rings. The maximum atomic E-state index is 14.3. The van der Waals surface area contributed by atoms with E-state index in [9.17, 15) is 9.50 Å². The lowest BCUT2D eigenvalue weighted by molar-refractivity contribution is 0.194. The van der Waals surface area contributed by atoms with E-state index >= 15 is 0 Å². The number of fused-ring (bicyclic) bond motifs is 1. The molecule has 1 aliphatic carbocycles. The lowest BCUT2D eigenvalue weighted by Gasteiger charge is -2.43. The second kappa shape index (κ2) is 8.49. The summed E-state index contributed by atoms with van der Waals surface area (Å²) in [6, 6.07) is 14.5. The van der Waals surface area contributed by atoms with Crippen LogP contribution in [0.5, 0.6) is 0 Å². The predicted octanol–water partition coefficient (Wildman–Crippen LogP) is 5.51. The Hall–Kier alpha value is -2.44. The van der Waals surface area contributed by atoms with E-state index in [1.807, 2.05) is 12.1 Å². The summed E-state index contributed by atoms with van der Waals surface area (Å²) in [5.41, 5.74) is 5.37. The van der Waals surface area contributed by atoms with Crippen LogP contribution in [0.15, 0.2) is 58.6 Å². The number of piperidine rings is 1. The Kier molecular flexibility index (Phi) is 5.68. The minimum absolute atomic E-state index is 0.134. The van der Waals surface area contributed by atoms with Crippen LogP contribution in [0.3, 0.4) is 0 Å². The average molecular weight is 450 g/mol. The number of aromatic nitrogens is 2. The van der Waals surface area contributed by atoms with Crippen LogP contribution in [0, 0.1) is 18.2 Å². The normalized spacial score (nSPS) is 19.4. The Balaban J connectivity index is 1.32. The molecule has 0 bridgehead atoms. The number of pyridine rings is 2. The fourth-order valence-corrected chi connectivity index (χ4v) is 6.32. The van der Waals surface area contributed by atoms with Crippen LogP contribution in [-0.4, -0.2) is 28.2 Å². The predicted molar refractivity (Wildman–Crippen MR) is 126 cm³/mol. The van der Waals surface area contributed by atoms with E-state index in [2.05, 4.69) is 46.1 Å². The van der Waals surface area contributed by atoms with Crippen LogP contribution in [0.25, 0.3) is 0 Å². The summed E-state index contributed by atoms with van der Waals surface area (Å²) in [6.45, 7) is 5.82. The highest BCUT2D eigenvalue weighted by molar-refractivity contribution is 7.99. The van der Waals surface area contributed by atoms with Crippen molar-refractivity contribution >= 4 is 17.4 Å². The van der Waals surface area contributed by atoms with E-state index < -0.39 is 0 Å². The highest BCUT2D eigenvalue weighted by Gasteiger charge is 2.45. The summed E-state index contributed by atoms with van der Waals surface area (Å²) in [4.78, 5) is 11.5. The van der Waals surface area contributed by atoms with Gasteiger partial charge in [0.15, 0.2) is 5.82 Å². The Morgan fingerprint density at radius 3 is 2.69 bits per heavy atom. The second-order valence-corrected chi connectivity index (χ2v) is 10.1. The molecule has 1 saturated heterocycles.